The first kappa shape index (κ1) is 18.9. The molecule has 0 unspecified atom stereocenters. The highest BCUT2D eigenvalue weighted by Gasteiger charge is 2.31. The van der Waals surface area contributed by atoms with Crippen molar-refractivity contribution >= 4 is 23.0 Å². The predicted octanol–water partition coefficient (Wildman–Crippen LogP) is 4.53. The smallest absolute Gasteiger partial charge is 0.351 e. The molecule has 0 radical (unpaired) electrons. The van der Waals surface area contributed by atoms with Crippen LogP contribution in [0.1, 0.15) is 31.2 Å². The Labute approximate surface area is 153 Å². The van der Waals surface area contributed by atoms with Crippen molar-refractivity contribution in [2.24, 2.45) is 0 Å². The maximum atomic E-state index is 12.9. The summed E-state index contributed by atoms with van der Waals surface area (Å²) >= 11 is 0. The fourth-order valence-corrected chi connectivity index (χ4v) is 3.05. The molecule has 1 aliphatic heterocycles. The minimum atomic E-state index is -4.51. The third-order valence-corrected chi connectivity index (χ3v) is 4.34. The minimum absolute atomic E-state index is 0.0634. The summed E-state index contributed by atoms with van der Waals surface area (Å²) in [6, 6.07) is 4.44. The van der Waals surface area contributed by atoms with E-state index in [9.17, 15) is 23.3 Å². The number of aromatic nitrogens is 2. The van der Waals surface area contributed by atoms with Gasteiger partial charge in [0.1, 0.15) is 6.33 Å². The second kappa shape index (κ2) is 7.77. The lowest BCUT2D eigenvalue weighted by atomic mass is 10.2. The Morgan fingerprint density at radius 1 is 1.11 bits per heavy atom. The number of hydrogen-bond acceptors (Lipinski definition) is 6. The molecule has 0 saturated carbocycles. The number of nitrogens with zero attached hydrogens (tertiary/aromatic N) is 4. The molecule has 0 atom stereocenters. The fourth-order valence-electron chi connectivity index (χ4n) is 3.05. The topological polar surface area (TPSA) is 84.2 Å². The number of nitro groups is 1. The van der Waals surface area contributed by atoms with Gasteiger partial charge < -0.3 is 10.2 Å². The highest BCUT2D eigenvalue weighted by molar-refractivity contribution is 5.74. The first-order valence-electron chi connectivity index (χ1n) is 8.55. The normalized spacial score (nSPS) is 15.3. The van der Waals surface area contributed by atoms with Crippen molar-refractivity contribution in [3.8, 4) is 0 Å². The molecular formula is C17H18F3N5O2. The summed E-state index contributed by atoms with van der Waals surface area (Å²) in [6.07, 6.45) is 0.570. The molecule has 1 aliphatic rings. The van der Waals surface area contributed by atoms with E-state index in [1.54, 1.807) is 0 Å². The molecule has 27 heavy (non-hydrogen) atoms. The van der Waals surface area contributed by atoms with Crippen LogP contribution in [-0.4, -0.2) is 28.0 Å². The molecule has 0 spiro atoms. The second-order valence-corrected chi connectivity index (χ2v) is 6.26. The number of hydrogen-bond donors (Lipinski definition) is 1. The molecule has 0 aliphatic carbocycles. The Morgan fingerprint density at radius 3 is 2.44 bits per heavy atom. The first-order chi connectivity index (χ1) is 12.9. The lowest BCUT2D eigenvalue weighted by molar-refractivity contribution is -0.383. The SMILES string of the molecule is O=[N+]([O-])c1c(Nc2cccc(C(F)(F)F)c2)ncnc1N1CCCCCC1. The van der Waals surface area contributed by atoms with Crippen molar-refractivity contribution in [2.75, 3.05) is 23.3 Å². The first-order valence-corrected chi connectivity index (χ1v) is 8.55. The quantitative estimate of drug-likeness (QED) is 0.619. The maximum absolute atomic E-state index is 12.9. The van der Waals surface area contributed by atoms with E-state index < -0.39 is 16.7 Å². The predicted molar refractivity (Wildman–Crippen MR) is 94.1 cm³/mol. The minimum Gasteiger partial charge on any atom is -0.351 e. The van der Waals surface area contributed by atoms with Crippen molar-refractivity contribution in [2.45, 2.75) is 31.9 Å². The van der Waals surface area contributed by atoms with Gasteiger partial charge in [-0.05, 0) is 31.0 Å². The molecule has 1 N–H and O–H groups in total. The molecule has 2 aromatic rings. The Morgan fingerprint density at radius 2 is 1.81 bits per heavy atom. The van der Waals surface area contributed by atoms with Crippen LogP contribution in [0.25, 0.3) is 0 Å². The number of nitrogens with one attached hydrogen (secondary N) is 1. The van der Waals surface area contributed by atoms with Gasteiger partial charge in [0, 0.05) is 18.8 Å². The van der Waals surface area contributed by atoms with E-state index in [-0.39, 0.29) is 23.0 Å². The average molecular weight is 381 g/mol. The van der Waals surface area contributed by atoms with E-state index in [0.717, 1.165) is 37.8 Å². The van der Waals surface area contributed by atoms with Crippen LogP contribution in [0.4, 0.5) is 36.2 Å². The highest BCUT2D eigenvalue weighted by atomic mass is 19.4. The Balaban J connectivity index is 1.96. The number of alkyl halides is 3. The van der Waals surface area contributed by atoms with Gasteiger partial charge in [-0.3, -0.25) is 10.1 Å². The van der Waals surface area contributed by atoms with Crippen LogP contribution in [-0.2, 0) is 6.18 Å². The molecule has 1 saturated heterocycles. The molecule has 0 amide bonds. The summed E-state index contributed by atoms with van der Waals surface area (Å²) in [7, 11) is 0. The fraction of sp³-hybridized carbons (Fsp3) is 0.412. The molecule has 0 bridgehead atoms. The van der Waals surface area contributed by atoms with Gasteiger partial charge in [0.15, 0.2) is 0 Å². The lowest BCUT2D eigenvalue weighted by Gasteiger charge is -2.21. The van der Waals surface area contributed by atoms with E-state index in [0.29, 0.717) is 13.1 Å². The molecule has 7 nitrogen and oxygen atoms in total. The van der Waals surface area contributed by atoms with Gasteiger partial charge in [-0.25, -0.2) is 9.97 Å². The van der Waals surface area contributed by atoms with Crippen LogP contribution < -0.4 is 10.2 Å². The monoisotopic (exact) mass is 381 g/mol. The molecule has 1 aromatic carbocycles. The summed E-state index contributed by atoms with van der Waals surface area (Å²) in [5, 5.41) is 14.3. The van der Waals surface area contributed by atoms with Crippen LogP contribution in [0, 0.1) is 10.1 Å². The number of benzene rings is 1. The van der Waals surface area contributed by atoms with Crippen molar-refractivity contribution in [3.05, 3.63) is 46.3 Å². The van der Waals surface area contributed by atoms with E-state index in [2.05, 4.69) is 15.3 Å². The maximum Gasteiger partial charge on any atom is 0.416 e. The van der Waals surface area contributed by atoms with Gasteiger partial charge in [-0.2, -0.15) is 13.2 Å². The van der Waals surface area contributed by atoms with E-state index in [4.69, 9.17) is 0 Å². The van der Waals surface area contributed by atoms with Gasteiger partial charge in [0.2, 0.25) is 11.6 Å². The van der Waals surface area contributed by atoms with Gasteiger partial charge in [0.25, 0.3) is 0 Å². The van der Waals surface area contributed by atoms with Crippen LogP contribution in [0.3, 0.4) is 0 Å². The molecule has 3 rings (SSSR count). The summed E-state index contributed by atoms with van der Waals surface area (Å²) in [4.78, 5) is 20.9. The Hall–Kier alpha value is -2.91. The number of rotatable bonds is 4. The highest BCUT2D eigenvalue weighted by Crippen LogP contribution is 2.36. The molecule has 144 valence electrons. The third-order valence-electron chi connectivity index (χ3n) is 4.34. The zero-order chi connectivity index (χ0) is 19.4. The van der Waals surface area contributed by atoms with Crippen LogP contribution >= 0.6 is 0 Å². The molecular weight excluding hydrogens is 363 g/mol. The summed E-state index contributed by atoms with van der Waals surface area (Å²) in [5.41, 5.74) is -1.12. The third kappa shape index (κ3) is 4.44. The van der Waals surface area contributed by atoms with Crippen LogP contribution in [0.15, 0.2) is 30.6 Å². The average Bonchev–Trinajstić information content (AvgIpc) is 2.90. The largest absolute Gasteiger partial charge is 0.416 e. The zero-order valence-electron chi connectivity index (χ0n) is 14.4. The van der Waals surface area contributed by atoms with E-state index in [1.165, 1.54) is 18.5 Å². The Bertz CT molecular complexity index is 820. The standard InChI is InChI=1S/C17H18F3N5O2/c18-17(19,20)12-6-5-7-13(10-12)23-15-14(25(26)27)16(22-11-21-15)24-8-3-1-2-4-9-24/h5-7,10-11H,1-4,8-9H2,(H,21,22,23). The number of anilines is 3. The van der Waals surface area contributed by atoms with E-state index >= 15 is 0 Å². The summed E-state index contributed by atoms with van der Waals surface area (Å²) < 4.78 is 38.7. The Kier molecular flexibility index (Phi) is 5.43. The molecule has 10 heteroatoms. The molecule has 1 aromatic heterocycles. The molecule has 1 fully saturated rings. The summed E-state index contributed by atoms with van der Waals surface area (Å²) in [6.45, 7) is 1.28. The second-order valence-electron chi connectivity index (χ2n) is 6.26. The van der Waals surface area contributed by atoms with Gasteiger partial charge in [-0.15, -0.1) is 0 Å². The van der Waals surface area contributed by atoms with Gasteiger partial charge in [0.05, 0.1) is 10.5 Å². The van der Waals surface area contributed by atoms with Crippen LogP contribution in [0.2, 0.25) is 0 Å². The van der Waals surface area contributed by atoms with Gasteiger partial charge in [-0.1, -0.05) is 18.9 Å². The molecule has 2 heterocycles. The zero-order valence-corrected chi connectivity index (χ0v) is 14.4. The van der Waals surface area contributed by atoms with E-state index in [1.807, 2.05) is 4.90 Å². The summed E-state index contributed by atoms with van der Waals surface area (Å²) in [5.74, 6) is 0.0555. The van der Waals surface area contributed by atoms with Gasteiger partial charge >= 0.3 is 11.9 Å². The number of halogens is 3. The van der Waals surface area contributed by atoms with Crippen molar-refractivity contribution in [1.82, 2.24) is 9.97 Å². The lowest BCUT2D eigenvalue weighted by Crippen LogP contribution is -2.26. The van der Waals surface area contributed by atoms with Crippen molar-refractivity contribution < 1.29 is 18.1 Å². The van der Waals surface area contributed by atoms with Crippen molar-refractivity contribution in [3.63, 3.8) is 0 Å². The van der Waals surface area contributed by atoms with Crippen molar-refractivity contribution in [1.29, 1.82) is 0 Å². The van der Waals surface area contributed by atoms with Crippen LogP contribution in [0.5, 0.6) is 0 Å².